The molecule has 2 aromatic carbocycles. The minimum Gasteiger partial charge on any atom is -0.463 e. The van der Waals surface area contributed by atoms with Gasteiger partial charge in [-0.3, -0.25) is 33.6 Å². The van der Waals surface area contributed by atoms with Gasteiger partial charge in [0.25, 0.3) is 0 Å². The van der Waals surface area contributed by atoms with Crippen molar-refractivity contribution in [2.45, 2.75) is 167 Å². The Labute approximate surface area is 396 Å². The Kier molecular flexibility index (Phi) is 17.7. The summed E-state index contributed by atoms with van der Waals surface area (Å²) in [5.41, 5.74) is 0.769. The molecule has 0 saturated carbocycles. The highest BCUT2D eigenvalue weighted by Gasteiger charge is 2.59. The number of benzene rings is 2. The van der Waals surface area contributed by atoms with Gasteiger partial charge in [0.2, 0.25) is 0 Å². The third-order valence-electron chi connectivity index (χ3n) is 11.0. The maximum atomic E-state index is 12.5. The first-order valence-electron chi connectivity index (χ1n) is 22.1. The predicted octanol–water partition coefficient (Wildman–Crippen LogP) is 1.60. The minimum absolute atomic E-state index is 0.00490. The molecule has 380 valence electrons. The van der Waals surface area contributed by atoms with Crippen molar-refractivity contribution in [2.24, 2.45) is 0 Å². The molecule has 15 atom stereocenters. The van der Waals surface area contributed by atoms with Crippen LogP contribution in [-0.4, -0.2) is 165 Å². The second kappa shape index (κ2) is 23.0. The van der Waals surface area contributed by atoms with Crippen molar-refractivity contribution < 1.29 is 110 Å². The SMILES string of the molecule is CC(=O)OC[C@H]1O[C@@H](OC[C@H]2O[C@@H](OC[C@H]3OC(O)[C@H](OC(C)=O)[C@@H](OC(C)=O)[C@H]3OC(C)=O)[C@H](OCc3ccc4ccccc4c3)[C@H]3OC(C)(C)O[C@H]32)[C@H](OC(C)=O)[C@@H](OC(C)=O)[C@H]1OC(C)=O. The molecule has 23 heteroatoms. The van der Waals surface area contributed by atoms with Crippen molar-refractivity contribution in [3.05, 3.63) is 48.0 Å². The van der Waals surface area contributed by atoms with Gasteiger partial charge in [-0.2, -0.15) is 0 Å². The molecule has 4 aliphatic heterocycles. The molecule has 0 spiro atoms. The van der Waals surface area contributed by atoms with Crippen LogP contribution in [0.1, 0.15) is 67.9 Å². The number of aliphatic hydroxyl groups is 1. The van der Waals surface area contributed by atoms with Gasteiger partial charge in [-0.05, 0) is 36.2 Å². The normalized spacial score (nSPS) is 32.7. The van der Waals surface area contributed by atoms with Gasteiger partial charge in [-0.15, -0.1) is 0 Å². The van der Waals surface area contributed by atoms with Crippen LogP contribution < -0.4 is 0 Å². The first kappa shape index (κ1) is 53.0. The van der Waals surface area contributed by atoms with Crippen LogP contribution in [0.4, 0.5) is 0 Å². The Morgan fingerprint density at radius 2 is 0.957 bits per heavy atom. The lowest BCUT2D eigenvalue weighted by atomic mass is 9.97. The third kappa shape index (κ3) is 13.9. The lowest BCUT2D eigenvalue weighted by molar-refractivity contribution is -0.338. The third-order valence-corrected chi connectivity index (χ3v) is 11.0. The van der Waals surface area contributed by atoms with Gasteiger partial charge in [0, 0.05) is 48.5 Å². The zero-order chi connectivity index (χ0) is 50.3. The van der Waals surface area contributed by atoms with E-state index in [4.69, 9.17) is 71.1 Å². The molecule has 4 aliphatic rings. The summed E-state index contributed by atoms with van der Waals surface area (Å²) in [7, 11) is 0. The first-order valence-corrected chi connectivity index (χ1v) is 22.1. The summed E-state index contributed by atoms with van der Waals surface area (Å²) >= 11 is 0. The molecule has 69 heavy (non-hydrogen) atoms. The van der Waals surface area contributed by atoms with E-state index >= 15 is 0 Å². The number of carbonyl (C=O) groups is 7. The number of ether oxygens (including phenoxy) is 15. The van der Waals surface area contributed by atoms with E-state index in [0.717, 1.165) is 64.8 Å². The van der Waals surface area contributed by atoms with E-state index in [1.807, 2.05) is 42.5 Å². The van der Waals surface area contributed by atoms with Gasteiger partial charge in [0.05, 0.1) is 19.8 Å². The number of hydrogen-bond donors (Lipinski definition) is 1. The number of carbonyl (C=O) groups excluding carboxylic acids is 7. The molecule has 0 aliphatic carbocycles. The average molecular weight is 979 g/mol. The van der Waals surface area contributed by atoms with Crippen molar-refractivity contribution in [1.82, 2.24) is 0 Å². The van der Waals surface area contributed by atoms with Gasteiger partial charge in [-0.25, -0.2) is 0 Å². The summed E-state index contributed by atoms with van der Waals surface area (Å²) in [6.45, 7) is 9.43. The monoisotopic (exact) mass is 978 g/mol. The van der Waals surface area contributed by atoms with Crippen molar-refractivity contribution in [3.63, 3.8) is 0 Å². The molecule has 4 fully saturated rings. The topological polar surface area (TPSA) is 278 Å². The van der Waals surface area contributed by atoms with Crippen LogP contribution in [-0.2, 0) is 111 Å². The maximum Gasteiger partial charge on any atom is 0.303 e. The maximum absolute atomic E-state index is 12.5. The Balaban J connectivity index is 1.33. The van der Waals surface area contributed by atoms with Crippen LogP contribution >= 0.6 is 0 Å². The quantitative estimate of drug-likeness (QED) is 0.174. The van der Waals surface area contributed by atoms with Crippen LogP contribution in [0.2, 0.25) is 0 Å². The standard InChI is InChI=1S/C46H58O23/c1-21(47)55-18-32-35(60-23(3)49)38(62-25(5)51)42(64-27(7)53)45(66-32)58-20-33-36-39(69-46(8,9)68-36)41(56-17-28-14-15-29-12-10-11-13-30(29)16-28)44(67-33)57-19-31-34(59-22(2)48)37(61-24(4)50)40(43(54)65-31)63-26(6)52/h10-16,31-45,54H,17-20H2,1-9H3/t31-,32-,33-,34+,35+,36+,37+,38+,39+,40-,41-,42-,43?,44-,45-/m1/s1. The van der Waals surface area contributed by atoms with E-state index in [-0.39, 0.29) is 6.61 Å². The highest BCUT2D eigenvalue weighted by molar-refractivity contribution is 5.83. The second-order valence-electron chi connectivity index (χ2n) is 17.1. The summed E-state index contributed by atoms with van der Waals surface area (Å²) in [5.74, 6) is -7.04. The van der Waals surface area contributed by atoms with Crippen molar-refractivity contribution in [1.29, 1.82) is 0 Å². The second-order valence-corrected chi connectivity index (χ2v) is 17.1. The van der Waals surface area contributed by atoms with Gasteiger partial charge in [-0.1, -0.05) is 36.4 Å². The van der Waals surface area contributed by atoms with Gasteiger partial charge >= 0.3 is 41.8 Å². The summed E-state index contributed by atoms with van der Waals surface area (Å²) in [6.07, 6.45) is -21.1. The van der Waals surface area contributed by atoms with E-state index < -0.39 is 160 Å². The number of esters is 7. The molecule has 2 aromatic rings. The Morgan fingerprint density at radius 3 is 1.54 bits per heavy atom. The van der Waals surface area contributed by atoms with E-state index in [9.17, 15) is 38.7 Å². The fourth-order valence-corrected chi connectivity index (χ4v) is 8.51. The van der Waals surface area contributed by atoms with Crippen molar-refractivity contribution >= 4 is 52.6 Å². The molecule has 0 radical (unpaired) electrons. The lowest BCUT2D eigenvalue weighted by Gasteiger charge is -2.46. The molecular weight excluding hydrogens is 920 g/mol. The van der Waals surface area contributed by atoms with Gasteiger partial charge in [0.15, 0.2) is 61.3 Å². The van der Waals surface area contributed by atoms with Crippen LogP contribution in [0.15, 0.2) is 42.5 Å². The summed E-state index contributed by atoms with van der Waals surface area (Å²) in [5, 5.41) is 13.0. The van der Waals surface area contributed by atoms with Crippen LogP contribution in [0, 0.1) is 0 Å². The lowest BCUT2D eigenvalue weighted by Crippen LogP contribution is -2.64. The first-order chi connectivity index (χ1) is 32.6. The minimum atomic E-state index is -1.90. The number of aliphatic hydroxyl groups excluding tert-OH is 1. The predicted molar refractivity (Wildman–Crippen MR) is 226 cm³/mol. The van der Waals surface area contributed by atoms with Crippen LogP contribution in [0.3, 0.4) is 0 Å². The molecule has 1 unspecified atom stereocenters. The van der Waals surface area contributed by atoms with Crippen LogP contribution in [0.25, 0.3) is 10.8 Å². The van der Waals surface area contributed by atoms with Gasteiger partial charge < -0.3 is 76.2 Å². The Morgan fingerprint density at radius 1 is 0.493 bits per heavy atom. The fourth-order valence-electron chi connectivity index (χ4n) is 8.51. The zero-order valence-electron chi connectivity index (χ0n) is 39.5. The fraction of sp³-hybridized carbons (Fsp3) is 0.630. The average Bonchev–Trinajstić information content (AvgIpc) is 3.58. The van der Waals surface area contributed by atoms with Crippen molar-refractivity contribution in [2.75, 3.05) is 19.8 Å². The number of hydrogen-bond acceptors (Lipinski definition) is 23. The van der Waals surface area contributed by atoms with Crippen molar-refractivity contribution in [3.8, 4) is 0 Å². The molecule has 0 bridgehead atoms. The van der Waals surface area contributed by atoms with Gasteiger partial charge in [0.1, 0.15) is 43.2 Å². The zero-order valence-corrected chi connectivity index (χ0v) is 39.5. The highest BCUT2D eigenvalue weighted by atomic mass is 16.8. The molecule has 4 saturated heterocycles. The number of rotatable bonds is 17. The summed E-state index contributed by atoms with van der Waals surface area (Å²) in [4.78, 5) is 86.1. The molecular formula is C46H58O23. The smallest absolute Gasteiger partial charge is 0.303 e. The van der Waals surface area contributed by atoms with E-state index in [1.165, 1.54) is 0 Å². The molecule has 6 rings (SSSR count). The van der Waals surface area contributed by atoms with E-state index in [1.54, 1.807) is 13.8 Å². The largest absolute Gasteiger partial charge is 0.463 e. The highest BCUT2D eigenvalue weighted by Crippen LogP contribution is 2.41. The summed E-state index contributed by atoms with van der Waals surface area (Å²) in [6, 6.07) is 13.5. The molecule has 0 aromatic heterocycles. The summed E-state index contributed by atoms with van der Waals surface area (Å²) < 4.78 is 88.7. The molecule has 1 N–H and O–H groups in total. The Bertz CT molecular complexity index is 2180. The molecule has 0 amide bonds. The van der Waals surface area contributed by atoms with E-state index in [2.05, 4.69) is 0 Å². The Hall–Kier alpha value is -5.37. The molecule has 23 nitrogen and oxygen atoms in total. The molecule has 4 heterocycles. The van der Waals surface area contributed by atoms with E-state index in [0.29, 0.717) is 0 Å². The number of fused-ring (bicyclic) bond motifs is 2. The van der Waals surface area contributed by atoms with Crippen LogP contribution in [0.5, 0.6) is 0 Å².